The number of hydrogen-bond donors (Lipinski definition) is 2. The summed E-state index contributed by atoms with van der Waals surface area (Å²) in [7, 11) is -3.64. The van der Waals surface area contributed by atoms with Crippen LogP contribution in [0.5, 0.6) is 0 Å². The Bertz CT molecular complexity index is 895. The number of halogens is 1. The number of anilines is 1. The Balaban J connectivity index is 1.92. The topological polar surface area (TPSA) is 75.3 Å². The maximum absolute atomic E-state index is 12.3. The lowest BCUT2D eigenvalue weighted by Crippen LogP contribution is -2.28. The van der Waals surface area contributed by atoms with Gasteiger partial charge in [0.1, 0.15) is 0 Å². The third kappa shape index (κ3) is 5.29. The lowest BCUT2D eigenvalue weighted by molar-refractivity contribution is -0.116. The minimum Gasteiger partial charge on any atom is -0.325 e. The van der Waals surface area contributed by atoms with Crippen molar-refractivity contribution in [2.45, 2.75) is 32.1 Å². The summed E-state index contributed by atoms with van der Waals surface area (Å²) in [5, 5.41) is 3.12. The standard InChI is InChI=1S/C18H21ClN2O3S/c1-12-4-7-17(16(19)10-12)21-18(22)8-9-20-25(23,24)15-6-5-13(2)14(3)11-15/h4-7,10-11,20H,8-9H2,1-3H3,(H,21,22). The van der Waals surface area contributed by atoms with Crippen LogP contribution in [0.1, 0.15) is 23.1 Å². The molecule has 0 bridgehead atoms. The van der Waals surface area contributed by atoms with Gasteiger partial charge >= 0.3 is 0 Å². The van der Waals surface area contributed by atoms with Gasteiger partial charge in [-0.05, 0) is 61.7 Å². The highest BCUT2D eigenvalue weighted by Gasteiger charge is 2.15. The molecule has 0 saturated carbocycles. The van der Waals surface area contributed by atoms with Gasteiger partial charge in [-0.2, -0.15) is 0 Å². The van der Waals surface area contributed by atoms with Gasteiger partial charge in [0.05, 0.1) is 15.6 Å². The monoisotopic (exact) mass is 380 g/mol. The van der Waals surface area contributed by atoms with E-state index < -0.39 is 10.0 Å². The Hall–Kier alpha value is -1.89. The van der Waals surface area contributed by atoms with Gasteiger partial charge in [0.25, 0.3) is 0 Å². The molecule has 0 atom stereocenters. The molecule has 0 aromatic heterocycles. The number of aryl methyl sites for hydroxylation is 3. The molecule has 7 heteroatoms. The van der Waals surface area contributed by atoms with Crippen molar-refractivity contribution >= 4 is 33.2 Å². The number of hydrogen-bond acceptors (Lipinski definition) is 3. The summed E-state index contributed by atoms with van der Waals surface area (Å²) in [6.07, 6.45) is 0.00821. The van der Waals surface area contributed by atoms with Crippen LogP contribution in [0, 0.1) is 20.8 Å². The van der Waals surface area contributed by atoms with Crippen molar-refractivity contribution < 1.29 is 13.2 Å². The van der Waals surface area contributed by atoms with Crippen LogP contribution in [0.25, 0.3) is 0 Å². The molecule has 0 spiro atoms. The third-order valence-corrected chi connectivity index (χ3v) is 5.60. The number of sulfonamides is 1. The van der Waals surface area contributed by atoms with Crippen molar-refractivity contribution in [3.05, 3.63) is 58.1 Å². The molecule has 2 aromatic carbocycles. The first-order valence-electron chi connectivity index (χ1n) is 7.82. The van der Waals surface area contributed by atoms with Crippen LogP contribution < -0.4 is 10.0 Å². The molecule has 2 rings (SSSR count). The van der Waals surface area contributed by atoms with Gasteiger partial charge in [-0.1, -0.05) is 23.7 Å². The van der Waals surface area contributed by atoms with E-state index in [1.807, 2.05) is 26.8 Å². The van der Waals surface area contributed by atoms with E-state index in [1.165, 1.54) is 0 Å². The molecule has 0 aliphatic carbocycles. The molecule has 0 heterocycles. The number of carbonyl (C=O) groups excluding carboxylic acids is 1. The van der Waals surface area contributed by atoms with E-state index in [0.29, 0.717) is 10.7 Å². The SMILES string of the molecule is Cc1ccc(NC(=O)CCNS(=O)(=O)c2ccc(C)c(C)c2)c(Cl)c1. The second-order valence-electron chi connectivity index (χ2n) is 5.93. The van der Waals surface area contributed by atoms with Gasteiger partial charge in [0.15, 0.2) is 0 Å². The zero-order valence-electron chi connectivity index (χ0n) is 14.4. The summed E-state index contributed by atoms with van der Waals surface area (Å²) in [6.45, 7) is 5.68. The molecule has 0 fully saturated rings. The molecule has 2 aromatic rings. The predicted octanol–water partition coefficient (Wildman–Crippen LogP) is 3.57. The summed E-state index contributed by atoms with van der Waals surface area (Å²) < 4.78 is 27.0. The van der Waals surface area contributed by atoms with Crippen molar-refractivity contribution in [2.75, 3.05) is 11.9 Å². The Kier molecular flexibility index (Phi) is 6.21. The molecule has 134 valence electrons. The van der Waals surface area contributed by atoms with Crippen LogP contribution >= 0.6 is 11.6 Å². The number of nitrogens with one attached hydrogen (secondary N) is 2. The van der Waals surface area contributed by atoms with Crippen molar-refractivity contribution in [2.24, 2.45) is 0 Å². The Morgan fingerprint density at radius 1 is 1.04 bits per heavy atom. The number of benzene rings is 2. The summed E-state index contributed by atoms with van der Waals surface area (Å²) >= 11 is 6.06. The molecule has 0 aliphatic rings. The molecule has 0 saturated heterocycles. The van der Waals surface area contributed by atoms with Crippen LogP contribution in [0.15, 0.2) is 41.3 Å². The molecular formula is C18H21ClN2O3S. The normalized spacial score (nSPS) is 11.4. The van der Waals surface area contributed by atoms with Gasteiger partial charge in [-0.3, -0.25) is 4.79 Å². The molecule has 2 N–H and O–H groups in total. The number of carbonyl (C=O) groups is 1. The number of rotatable bonds is 6. The maximum atomic E-state index is 12.3. The highest BCUT2D eigenvalue weighted by molar-refractivity contribution is 7.89. The molecule has 0 aliphatic heterocycles. The van der Waals surface area contributed by atoms with Crippen LogP contribution in [-0.4, -0.2) is 20.9 Å². The second-order valence-corrected chi connectivity index (χ2v) is 8.10. The van der Waals surface area contributed by atoms with Crippen LogP contribution in [-0.2, 0) is 14.8 Å². The number of amides is 1. The second kappa shape index (κ2) is 7.99. The van der Waals surface area contributed by atoms with E-state index in [0.717, 1.165) is 16.7 Å². The van der Waals surface area contributed by atoms with Crippen molar-refractivity contribution in [3.8, 4) is 0 Å². The predicted molar refractivity (Wildman–Crippen MR) is 101 cm³/mol. The largest absolute Gasteiger partial charge is 0.325 e. The molecule has 1 amide bonds. The van der Waals surface area contributed by atoms with E-state index in [-0.39, 0.29) is 23.8 Å². The quantitative estimate of drug-likeness (QED) is 0.804. The van der Waals surface area contributed by atoms with Gasteiger partial charge in [0.2, 0.25) is 15.9 Å². The average molecular weight is 381 g/mol. The summed E-state index contributed by atoms with van der Waals surface area (Å²) in [6, 6.07) is 10.2. The van der Waals surface area contributed by atoms with Gasteiger partial charge in [0, 0.05) is 13.0 Å². The van der Waals surface area contributed by atoms with Gasteiger partial charge in [-0.15, -0.1) is 0 Å². The first-order valence-corrected chi connectivity index (χ1v) is 9.68. The summed E-state index contributed by atoms with van der Waals surface area (Å²) in [5.41, 5.74) is 3.42. The minimum absolute atomic E-state index is 0.00453. The van der Waals surface area contributed by atoms with E-state index in [1.54, 1.807) is 30.3 Å². The molecule has 0 radical (unpaired) electrons. The fourth-order valence-corrected chi connectivity index (χ4v) is 3.60. The summed E-state index contributed by atoms with van der Waals surface area (Å²) in [4.78, 5) is 12.2. The van der Waals surface area contributed by atoms with Gasteiger partial charge in [-0.25, -0.2) is 13.1 Å². The van der Waals surface area contributed by atoms with Crippen LogP contribution in [0.2, 0.25) is 5.02 Å². The Morgan fingerprint density at radius 3 is 2.40 bits per heavy atom. The lowest BCUT2D eigenvalue weighted by Gasteiger charge is -2.10. The first kappa shape index (κ1) is 19.4. The molecule has 25 heavy (non-hydrogen) atoms. The molecular weight excluding hydrogens is 360 g/mol. The lowest BCUT2D eigenvalue weighted by atomic mass is 10.1. The van der Waals surface area contributed by atoms with E-state index in [9.17, 15) is 13.2 Å². The van der Waals surface area contributed by atoms with Crippen molar-refractivity contribution in [3.63, 3.8) is 0 Å². The molecule has 5 nitrogen and oxygen atoms in total. The minimum atomic E-state index is -3.64. The zero-order chi connectivity index (χ0) is 18.6. The van der Waals surface area contributed by atoms with Crippen LogP contribution in [0.3, 0.4) is 0 Å². The zero-order valence-corrected chi connectivity index (χ0v) is 16.0. The highest BCUT2D eigenvalue weighted by atomic mass is 35.5. The smallest absolute Gasteiger partial charge is 0.240 e. The maximum Gasteiger partial charge on any atom is 0.240 e. The van der Waals surface area contributed by atoms with Crippen molar-refractivity contribution in [1.29, 1.82) is 0 Å². The Morgan fingerprint density at radius 2 is 1.76 bits per heavy atom. The fraction of sp³-hybridized carbons (Fsp3) is 0.278. The van der Waals surface area contributed by atoms with Crippen LogP contribution in [0.4, 0.5) is 5.69 Å². The summed E-state index contributed by atoms with van der Waals surface area (Å²) in [5.74, 6) is -0.312. The van der Waals surface area contributed by atoms with E-state index in [2.05, 4.69) is 10.0 Å². The van der Waals surface area contributed by atoms with E-state index in [4.69, 9.17) is 11.6 Å². The molecule has 0 unspecified atom stereocenters. The van der Waals surface area contributed by atoms with Gasteiger partial charge < -0.3 is 5.32 Å². The average Bonchev–Trinajstić information content (AvgIpc) is 2.52. The third-order valence-electron chi connectivity index (χ3n) is 3.83. The highest BCUT2D eigenvalue weighted by Crippen LogP contribution is 2.22. The van der Waals surface area contributed by atoms with Crippen molar-refractivity contribution in [1.82, 2.24) is 4.72 Å². The first-order chi connectivity index (χ1) is 11.7. The van der Waals surface area contributed by atoms with E-state index >= 15 is 0 Å². The Labute approximate surface area is 153 Å². The fourth-order valence-electron chi connectivity index (χ4n) is 2.20.